The number of rotatable bonds is 3. The summed E-state index contributed by atoms with van der Waals surface area (Å²) < 4.78 is 10.8. The second-order valence-electron chi connectivity index (χ2n) is 7.27. The number of hydrogen-bond acceptors (Lipinski definition) is 4. The lowest BCUT2D eigenvalue weighted by Gasteiger charge is -2.46. The highest BCUT2D eigenvalue weighted by molar-refractivity contribution is 5.85. The van der Waals surface area contributed by atoms with Crippen LogP contribution < -0.4 is 5.32 Å². The fourth-order valence-electron chi connectivity index (χ4n) is 2.13. The van der Waals surface area contributed by atoms with E-state index < -0.39 is 23.2 Å². The maximum absolute atomic E-state index is 11.7. The first kappa shape index (κ1) is 16.8. The third kappa shape index (κ3) is 4.67. The minimum atomic E-state index is -1.28. The molecule has 1 saturated carbocycles. The molecule has 2 N–H and O–H groups in total. The number of carbonyl (C=O) groups excluding carboxylic acids is 1. The molecule has 0 aromatic heterocycles. The van der Waals surface area contributed by atoms with Crippen LogP contribution >= 0.6 is 0 Å². The summed E-state index contributed by atoms with van der Waals surface area (Å²) in [6.07, 6.45) is -0.382. The summed E-state index contributed by atoms with van der Waals surface area (Å²) in [4.78, 5) is 23.1. The summed E-state index contributed by atoms with van der Waals surface area (Å²) in [5, 5.41) is 11.8. The van der Waals surface area contributed by atoms with Crippen molar-refractivity contribution < 1.29 is 24.2 Å². The van der Waals surface area contributed by atoms with Crippen molar-refractivity contribution in [1.82, 2.24) is 5.32 Å². The fourth-order valence-corrected chi connectivity index (χ4v) is 2.13. The molecule has 0 aromatic carbocycles. The van der Waals surface area contributed by atoms with Crippen molar-refractivity contribution in [2.45, 2.75) is 77.2 Å². The highest BCUT2D eigenvalue weighted by atomic mass is 16.6. The van der Waals surface area contributed by atoms with Gasteiger partial charge >= 0.3 is 12.1 Å². The zero-order valence-corrected chi connectivity index (χ0v) is 13.1. The standard InChI is InChI=1S/C14H25NO5/c1-12(2,3)19-9-7-14(8-9,10(16)17)15-11(18)20-13(4,5)6/h9H,7-8H2,1-6H3,(H,15,18)(H,16,17). The Balaban J connectivity index is 2.61. The van der Waals surface area contributed by atoms with Crippen molar-refractivity contribution in [3.05, 3.63) is 0 Å². The number of ether oxygens (including phenoxy) is 2. The molecule has 0 heterocycles. The molecule has 1 rings (SSSR count). The minimum Gasteiger partial charge on any atom is -0.479 e. The molecule has 1 fully saturated rings. The quantitative estimate of drug-likeness (QED) is 0.832. The SMILES string of the molecule is CC(C)(C)OC(=O)NC1(C(=O)O)CC(OC(C)(C)C)C1. The van der Waals surface area contributed by atoms with Crippen molar-refractivity contribution in [3.63, 3.8) is 0 Å². The Morgan fingerprint density at radius 3 is 1.95 bits per heavy atom. The minimum absolute atomic E-state index is 0.166. The molecule has 20 heavy (non-hydrogen) atoms. The molecule has 0 atom stereocenters. The molecule has 0 bridgehead atoms. The molecule has 0 radical (unpaired) electrons. The Hall–Kier alpha value is -1.30. The van der Waals surface area contributed by atoms with Crippen LogP contribution in [0.15, 0.2) is 0 Å². The monoisotopic (exact) mass is 287 g/mol. The van der Waals surface area contributed by atoms with Crippen LogP contribution in [-0.2, 0) is 14.3 Å². The molecular formula is C14H25NO5. The van der Waals surface area contributed by atoms with Crippen molar-refractivity contribution in [1.29, 1.82) is 0 Å². The lowest BCUT2D eigenvalue weighted by atomic mass is 9.74. The van der Waals surface area contributed by atoms with Gasteiger partial charge in [0.05, 0.1) is 11.7 Å². The second kappa shape index (κ2) is 5.24. The average Bonchev–Trinajstić information content (AvgIpc) is 2.07. The molecule has 116 valence electrons. The molecular weight excluding hydrogens is 262 g/mol. The second-order valence-corrected chi connectivity index (χ2v) is 7.27. The summed E-state index contributed by atoms with van der Waals surface area (Å²) in [6, 6.07) is 0. The lowest BCUT2D eigenvalue weighted by Crippen LogP contribution is -2.65. The molecule has 0 aliphatic heterocycles. The van der Waals surface area contributed by atoms with E-state index in [1.807, 2.05) is 20.8 Å². The number of carbonyl (C=O) groups is 2. The number of hydrogen-bond donors (Lipinski definition) is 2. The number of alkyl carbamates (subject to hydrolysis) is 1. The fraction of sp³-hybridized carbons (Fsp3) is 0.857. The smallest absolute Gasteiger partial charge is 0.408 e. The average molecular weight is 287 g/mol. The van der Waals surface area contributed by atoms with Crippen molar-refractivity contribution in [2.75, 3.05) is 0 Å². The molecule has 0 unspecified atom stereocenters. The van der Waals surface area contributed by atoms with Crippen molar-refractivity contribution in [3.8, 4) is 0 Å². The van der Waals surface area contributed by atoms with Gasteiger partial charge in [0.1, 0.15) is 11.1 Å². The van der Waals surface area contributed by atoms with Crippen LogP contribution in [0.25, 0.3) is 0 Å². The number of aliphatic carboxylic acids is 1. The van der Waals surface area contributed by atoms with Gasteiger partial charge in [-0.2, -0.15) is 0 Å². The van der Waals surface area contributed by atoms with E-state index in [4.69, 9.17) is 9.47 Å². The summed E-state index contributed by atoms with van der Waals surface area (Å²) >= 11 is 0. The van der Waals surface area contributed by atoms with Gasteiger partial charge in [-0.1, -0.05) is 0 Å². The molecule has 0 saturated heterocycles. The predicted octanol–water partition coefficient (Wildman–Crippen LogP) is 2.31. The van der Waals surface area contributed by atoms with E-state index in [2.05, 4.69) is 5.32 Å². The molecule has 6 nitrogen and oxygen atoms in total. The Morgan fingerprint density at radius 2 is 1.60 bits per heavy atom. The molecule has 0 spiro atoms. The Labute approximate surface area is 119 Å². The topological polar surface area (TPSA) is 84.9 Å². The number of carboxylic acid groups (broad SMARTS) is 1. The van der Waals surface area contributed by atoms with Gasteiger partial charge in [-0.25, -0.2) is 9.59 Å². The van der Waals surface area contributed by atoms with Crippen molar-refractivity contribution >= 4 is 12.1 Å². The zero-order chi connectivity index (χ0) is 15.8. The van der Waals surface area contributed by atoms with E-state index in [1.54, 1.807) is 20.8 Å². The predicted molar refractivity (Wildman–Crippen MR) is 73.6 cm³/mol. The van der Waals surface area contributed by atoms with E-state index in [1.165, 1.54) is 0 Å². The van der Waals surface area contributed by atoms with E-state index in [0.717, 1.165) is 0 Å². The molecule has 1 amide bonds. The van der Waals surface area contributed by atoms with Gasteiger partial charge in [0.2, 0.25) is 0 Å². The highest BCUT2D eigenvalue weighted by Gasteiger charge is 2.53. The van der Waals surface area contributed by atoms with E-state index in [-0.39, 0.29) is 24.5 Å². The van der Waals surface area contributed by atoms with Gasteiger partial charge in [-0.3, -0.25) is 0 Å². The van der Waals surface area contributed by atoms with Gasteiger partial charge < -0.3 is 19.9 Å². The lowest BCUT2D eigenvalue weighted by molar-refractivity contribution is -0.167. The Morgan fingerprint density at radius 1 is 1.10 bits per heavy atom. The first-order chi connectivity index (χ1) is 8.83. The van der Waals surface area contributed by atoms with Crippen LogP contribution in [-0.4, -0.2) is 40.0 Å². The third-order valence-electron chi connectivity index (χ3n) is 2.82. The molecule has 6 heteroatoms. The van der Waals surface area contributed by atoms with Gasteiger partial charge in [-0.05, 0) is 41.5 Å². The zero-order valence-electron chi connectivity index (χ0n) is 13.1. The summed E-state index contributed by atoms with van der Waals surface area (Å²) in [7, 11) is 0. The van der Waals surface area contributed by atoms with Gasteiger partial charge in [0, 0.05) is 12.8 Å². The number of amides is 1. The maximum Gasteiger partial charge on any atom is 0.408 e. The Kier molecular flexibility index (Phi) is 4.39. The maximum atomic E-state index is 11.7. The van der Waals surface area contributed by atoms with E-state index in [9.17, 15) is 14.7 Å². The Bertz CT molecular complexity index is 385. The highest BCUT2D eigenvalue weighted by Crippen LogP contribution is 2.37. The summed E-state index contributed by atoms with van der Waals surface area (Å²) in [5.41, 5.74) is -2.27. The third-order valence-corrected chi connectivity index (χ3v) is 2.82. The normalized spacial score (nSPS) is 26.6. The first-order valence-electron chi connectivity index (χ1n) is 6.75. The molecule has 1 aliphatic rings. The summed E-state index contributed by atoms with van der Waals surface area (Å²) in [5.74, 6) is -1.06. The van der Waals surface area contributed by atoms with E-state index in [0.29, 0.717) is 0 Å². The molecule has 0 aromatic rings. The number of nitrogens with one attached hydrogen (secondary N) is 1. The van der Waals surface area contributed by atoms with Crippen molar-refractivity contribution in [2.24, 2.45) is 0 Å². The van der Waals surface area contributed by atoms with Gasteiger partial charge in [0.15, 0.2) is 0 Å². The van der Waals surface area contributed by atoms with Crippen LogP contribution in [0.3, 0.4) is 0 Å². The van der Waals surface area contributed by atoms with Crippen LogP contribution in [0.2, 0.25) is 0 Å². The van der Waals surface area contributed by atoms with Gasteiger partial charge in [-0.15, -0.1) is 0 Å². The van der Waals surface area contributed by atoms with Crippen LogP contribution in [0, 0.1) is 0 Å². The largest absolute Gasteiger partial charge is 0.479 e. The van der Waals surface area contributed by atoms with Crippen LogP contribution in [0.1, 0.15) is 54.4 Å². The van der Waals surface area contributed by atoms with Crippen LogP contribution in [0.4, 0.5) is 4.79 Å². The van der Waals surface area contributed by atoms with Crippen LogP contribution in [0.5, 0.6) is 0 Å². The summed E-state index contributed by atoms with van der Waals surface area (Å²) in [6.45, 7) is 10.9. The number of carboxylic acids is 1. The van der Waals surface area contributed by atoms with Gasteiger partial charge in [0.25, 0.3) is 0 Å². The first-order valence-corrected chi connectivity index (χ1v) is 6.75. The van der Waals surface area contributed by atoms with E-state index >= 15 is 0 Å². The molecule has 1 aliphatic carbocycles.